The Balaban J connectivity index is 2.22. The highest BCUT2D eigenvalue weighted by Crippen LogP contribution is 2.27. The van der Waals surface area contributed by atoms with Crippen molar-refractivity contribution in [3.8, 4) is 11.5 Å². The molecule has 0 aliphatic heterocycles. The molecular weight excluding hydrogens is 202 g/mol. The third-order valence-electron chi connectivity index (χ3n) is 2.38. The van der Waals surface area contributed by atoms with Gasteiger partial charge < -0.3 is 9.84 Å². The van der Waals surface area contributed by atoms with Gasteiger partial charge in [-0.2, -0.15) is 0 Å². The zero-order valence-electron chi connectivity index (χ0n) is 9.05. The summed E-state index contributed by atoms with van der Waals surface area (Å²) in [7, 11) is 1.54. The predicted octanol–water partition coefficient (Wildman–Crippen LogP) is 2.39. The molecule has 0 saturated heterocycles. The van der Waals surface area contributed by atoms with E-state index in [9.17, 15) is 5.11 Å². The van der Waals surface area contributed by atoms with Gasteiger partial charge in [-0.25, -0.2) is 0 Å². The summed E-state index contributed by atoms with van der Waals surface area (Å²) in [4.78, 5) is 4.06. The van der Waals surface area contributed by atoms with E-state index in [-0.39, 0.29) is 5.75 Å². The maximum Gasteiger partial charge on any atom is 0.160 e. The average molecular weight is 215 g/mol. The second-order valence-electron chi connectivity index (χ2n) is 3.54. The van der Waals surface area contributed by atoms with Crippen molar-refractivity contribution in [1.29, 1.82) is 0 Å². The number of benzene rings is 1. The fourth-order valence-electron chi connectivity index (χ4n) is 1.57. The molecule has 0 fully saturated rings. The Bertz CT molecular complexity index is 469. The van der Waals surface area contributed by atoms with Gasteiger partial charge in [0.15, 0.2) is 11.5 Å². The fourth-order valence-corrected chi connectivity index (χ4v) is 1.57. The van der Waals surface area contributed by atoms with Gasteiger partial charge in [-0.3, -0.25) is 4.98 Å². The first-order chi connectivity index (χ1) is 7.79. The van der Waals surface area contributed by atoms with Crippen LogP contribution in [0.15, 0.2) is 42.7 Å². The molecule has 0 aliphatic carbocycles. The molecule has 0 atom stereocenters. The van der Waals surface area contributed by atoms with Gasteiger partial charge in [0.25, 0.3) is 0 Å². The van der Waals surface area contributed by atoms with Gasteiger partial charge in [-0.1, -0.05) is 12.1 Å². The van der Waals surface area contributed by atoms with Crippen LogP contribution in [0.4, 0.5) is 0 Å². The Hall–Kier alpha value is -2.03. The SMILES string of the molecule is COc1cc(Cc2cccnc2)ccc1O. The Morgan fingerprint density at radius 1 is 1.25 bits per heavy atom. The molecule has 0 aliphatic rings. The van der Waals surface area contributed by atoms with Crippen molar-refractivity contribution in [2.45, 2.75) is 6.42 Å². The number of hydrogen-bond donors (Lipinski definition) is 1. The summed E-state index contributed by atoms with van der Waals surface area (Å²) in [5.74, 6) is 0.666. The summed E-state index contributed by atoms with van der Waals surface area (Å²) in [5.41, 5.74) is 2.22. The first kappa shape index (κ1) is 10.5. The van der Waals surface area contributed by atoms with Crippen LogP contribution in [0, 0.1) is 0 Å². The van der Waals surface area contributed by atoms with E-state index in [1.54, 1.807) is 19.4 Å². The highest BCUT2D eigenvalue weighted by atomic mass is 16.5. The maximum absolute atomic E-state index is 9.46. The number of hydrogen-bond acceptors (Lipinski definition) is 3. The normalized spacial score (nSPS) is 10.1. The molecule has 0 saturated carbocycles. The van der Waals surface area contributed by atoms with Gasteiger partial charge in [-0.05, 0) is 35.7 Å². The molecule has 0 radical (unpaired) electrons. The van der Waals surface area contributed by atoms with E-state index in [4.69, 9.17) is 4.74 Å². The van der Waals surface area contributed by atoms with Crippen molar-refractivity contribution in [3.05, 3.63) is 53.9 Å². The van der Waals surface area contributed by atoms with Crippen LogP contribution < -0.4 is 4.74 Å². The summed E-state index contributed by atoms with van der Waals surface area (Å²) < 4.78 is 5.06. The topological polar surface area (TPSA) is 42.4 Å². The van der Waals surface area contributed by atoms with E-state index in [1.165, 1.54) is 0 Å². The average Bonchev–Trinajstić information content (AvgIpc) is 2.33. The largest absolute Gasteiger partial charge is 0.504 e. The number of phenols is 1. The van der Waals surface area contributed by atoms with Crippen LogP contribution in [-0.4, -0.2) is 17.2 Å². The number of aromatic nitrogens is 1. The van der Waals surface area contributed by atoms with E-state index in [2.05, 4.69) is 4.98 Å². The highest BCUT2D eigenvalue weighted by molar-refractivity contribution is 5.42. The lowest BCUT2D eigenvalue weighted by atomic mass is 10.1. The van der Waals surface area contributed by atoms with Gasteiger partial charge in [0.2, 0.25) is 0 Å². The molecular formula is C13H13NO2. The number of rotatable bonds is 3. The lowest BCUT2D eigenvalue weighted by Gasteiger charge is -2.06. The number of phenolic OH excluding ortho intramolecular Hbond substituents is 1. The second-order valence-corrected chi connectivity index (χ2v) is 3.54. The lowest BCUT2D eigenvalue weighted by molar-refractivity contribution is 0.373. The first-order valence-corrected chi connectivity index (χ1v) is 5.04. The van der Waals surface area contributed by atoms with E-state index in [0.717, 1.165) is 17.5 Å². The number of ether oxygens (including phenoxy) is 1. The summed E-state index contributed by atoms with van der Waals surface area (Å²) in [5, 5.41) is 9.46. The Kier molecular flexibility index (Phi) is 3.05. The zero-order valence-corrected chi connectivity index (χ0v) is 9.05. The Labute approximate surface area is 94.3 Å². The molecule has 82 valence electrons. The summed E-state index contributed by atoms with van der Waals surface area (Å²) in [6.07, 6.45) is 4.37. The van der Waals surface area contributed by atoms with Crippen LogP contribution in [0.25, 0.3) is 0 Å². The fraction of sp³-hybridized carbons (Fsp3) is 0.154. The number of aromatic hydroxyl groups is 1. The molecule has 0 bridgehead atoms. The monoisotopic (exact) mass is 215 g/mol. The minimum absolute atomic E-state index is 0.164. The molecule has 1 heterocycles. The van der Waals surface area contributed by atoms with E-state index in [1.807, 2.05) is 30.5 Å². The second kappa shape index (κ2) is 4.66. The van der Waals surface area contributed by atoms with Gasteiger partial charge >= 0.3 is 0 Å². The first-order valence-electron chi connectivity index (χ1n) is 5.04. The van der Waals surface area contributed by atoms with Gasteiger partial charge in [0, 0.05) is 12.4 Å². The molecule has 2 aromatic rings. The molecule has 1 aromatic heterocycles. The Morgan fingerprint density at radius 3 is 2.81 bits per heavy atom. The van der Waals surface area contributed by atoms with Crippen LogP contribution in [0.5, 0.6) is 11.5 Å². The molecule has 2 rings (SSSR count). The van der Waals surface area contributed by atoms with Gasteiger partial charge in [0.1, 0.15) is 0 Å². The van der Waals surface area contributed by atoms with Crippen molar-refractivity contribution < 1.29 is 9.84 Å². The predicted molar refractivity (Wildman–Crippen MR) is 61.7 cm³/mol. The van der Waals surface area contributed by atoms with Crippen LogP contribution >= 0.6 is 0 Å². The summed E-state index contributed by atoms with van der Waals surface area (Å²) in [6.45, 7) is 0. The maximum atomic E-state index is 9.46. The molecule has 1 N–H and O–H groups in total. The van der Waals surface area contributed by atoms with Crippen LogP contribution in [0.1, 0.15) is 11.1 Å². The standard InChI is InChI=1S/C13H13NO2/c1-16-13-8-10(4-5-12(13)15)7-11-3-2-6-14-9-11/h2-6,8-9,15H,7H2,1H3. The van der Waals surface area contributed by atoms with Gasteiger partial charge in [0.05, 0.1) is 7.11 Å². The summed E-state index contributed by atoms with van der Waals surface area (Å²) in [6, 6.07) is 9.29. The molecule has 3 heteroatoms. The molecule has 16 heavy (non-hydrogen) atoms. The lowest BCUT2D eigenvalue weighted by Crippen LogP contribution is -1.91. The molecule has 1 aromatic carbocycles. The number of nitrogens with zero attached hydrogens (tertiary/aromatic N) is 1. The van der Waals surface area contributed by atoms with Crippen molar-refractivity contribution in [2.24, 2.45) is 0 Å². The van der Waals surface area contributed by atoms with Gasteiger partial charge in [-0.15, -0.1) is 0 Å². The highest BCUT2D eigenvalue weighted by Gasteiger charge is 2.03. The van der Waals surface area contributed by atoms with Crippen molar-refractivity contribution in [3.63, 3.8) is 0 Å². The van der Waals surface area contributed by atoms with Crippen molar-refractivity contribution in [1.82, 2.24) is 4.98 Å². The molecule has 3 nitrogen and oxygen atoms in total. The third kappa shape index (κ3) is 2.31. The van der Waals surface area contributed by atoms with Crippen LogP contribution in [0.3, 0.4) is 0 Å². The van der Waals surface area contributed by atoms with E-state index in [0.29, 0.717) is 5.75 Å². The molecule has 0 spiro atoms. The molecule has 0 amide bonds. The van der Waals surface area contributed by atoms with E-state index >= 15 is 0 Å². The molecule has 0 unspecified atom stereocenters. The minimum atomic E-state index is 0.164. The van der Waals surface area contributed by atoms with Crippen LogP contribution in [-0.2, 0) is 6.42 Å². The minimum Gasteiger partial charge on any atom is -0.504 e. The number of methoxy groups -OCH3 is 1. The smallest absolute Gasteiger partial charge is 0.160 e. The summed E-state index contributed by atoms with van der Waals surface area (Å²) >= 11 is 0. The third-order valence-corrected chi connectivity index (χ3v) is 2.38. The van der Waals surface area contributed by atoms with E-state index < -0.39 is 0 Å². The quantitative estimate of drug-likeness (QED) is 0.854. The van der Waals surface area contributed by atoms with Crippen molar-refractivity contribution >= 4 is 0 Å². The van der Waals surface area contributed by atoms with Crippen molar-refractivity contribution in [2.75, 3.05) is 7.11 Å². The number of pyridine rings is 1. The van der Waals surface area contributed by atoms with Crippen LogP contribution in [0.2, 0.25) is 0 Å². The zero-order chi connectivity index (χ0) is 11.4. The Morgan fingerprint density at radius 2 is 2.12 bits per heavy atom.